The Bertz CT molecular complexity index is 1230. The summed E-state index contributed by atoms with van der Waals surface area (Å²) in [5.74, 6) is 1.79. The van der Waals surface area contributed by atoms with Crippen molar-refractivity contribution in [1.29, 1.82) is 0 Å². The molecule has 0 spiro atoms. The summed E-state index contributed by atoms with van der Waals surface area (Å²) in [4.78, 5) is 30.6. The number of benzene rings is 2. The maximum atomic E-state index is 13.3. The molecule has 5 rings (SSSR count). The smallest absolute Gasteiger partial charge is 0.322 e. The monoisotopic (exact) mass is 451 g/mol. The van der Waals surface area contributed by atoms with Crippen LogP contribution in [0.4, 0.5) is 10.5 Å². The fourth-order valence-electron chi connectivity index (χ4n) is 4.16. The van der Waals surface area contributed by atoms with Crippen LogP contribution in [0.25, 0.3) is 10.9 Å². The summed E-state index contributed by atoms with van der Waals surface area (Å²) in [5, 5.41) is 3.71. The second kappa shape index (κ2) is 9.03. The van der Waals surface area contributed by atoms with Crippen molar-refractivity contribution in [2.24, 2.45) is 0 Å². The molecular weight excluding hydrogens is 426 g/mol. The van der Waals surface area contributed by atoms with Crippen LogP contribution in [0.5, 0.6) is 17.2 Å². The third-order valence-electron chi connectivity index (χ3n) is 5.86. The zero-order chi connectivity index (χ0) is 22.8. The molecule has 3 aromatic rings. The number of carbonyl (C=O) groups excluding carboxylic acids is 1. The van der Waals surface area contributed by atoms with Gasteiger partial charge in [0.05, 0.1) is 31.0 Å². The van der Waals surface area contributed by atoms with Crippen LogP contribution in [0.1, 0.15) is 18.4 Å². The molecule has 2 aliphatic rings. The zero-order valence-electron chi connectivity index (χ0n) is 18.3. The molecule has 2 N–H and O–H groups in total. The van der Waals surface area contributed by atoms with E-state index in [9.17, 15) is 9.59 Å². The Balaban J connectivity index is 1.43. The van der Waals surface area contributed by atoms with Gasteiger partial charge in [0.2, 0.25) is 6.79 Å². The van der Waals surface area contributed by atoms with Gasteiger partial charge in [-0.25, -0.2) is 4.79 Å². The van der Waals surface area contributed by atoms with Crippen LogP contribution in [-0.4, -0.2) is 49.1 Å². The molecule has 9 heteroatoms. The van der Waals surface area contributed by atoms with Gasteiger partial charge >= 0.3 is 6.03 Å². The summed E-state index contributed by atoms with van der Waals surface area (Å²) in [6, 6.07) is 12.2. The Hall–Kier alpha value is -3.72. The lowest BCUT2D eigenvalue weighted by molar-refractivity contribution is 0.0818. The van der Waals surface area contributed by atoms with Crippen molar-refractivity contribution in [2.75, 3.05) is 32.4 Å². The molecule has 1 saturated heterocycles. The number of urea groups is 1. The number of hydrogen-bond donors (Lipinski definition) is 2. The van der Waals surface area contributed by atoms with Crippen LogP contribution in [-0.2, 0) is 11.3 Å². The van der Waals surface area contributed by atoms with E-state index in [0.717, 1.165) is 18.2 Å². The molecule has 1 atom stereocenters. The number of rotatable bonds is 6. The van der Waals surface area contributed by atoms with E-state index >= 15 is 0 Å². The number of nitrogens with zero attached hydrogens (tertiary/aromatic N) is 1. The van der Waals surface area contributed by atoms with E-state index < -0.39 is 0 Å². The summed E-state index contributed by atoms with van der Waals surface area (Å²) in [5.41, 5.74) is 1.41. The van der Waals surface area contributed by atoms with Crippen molar-refractivity contribution in [3.05, 3.63) is 58.4 Å². The second-order valence-electron chi connectivity index (χ2n) is 8.06. The largest absolute Gasteiger partial charge is 0.495 e. The number of aromatic amines is 1. The predicted octanol–water partition coefficient (Wildman–Crippen LogP) is 3.48. The SMILES string of the molecule is COc1ccccc1NC(=O)N(Cc1cc2cc3c(cc2[nH]c1=O)OCO3)C[C@@H]1CCCO1. The molecule has 33 heavy (non-hydrogen) atoms. The van der Waals surface area contributed by atoms with Crippen LogP contribution in [0.2, 0.25) is 0 Å². The lowest BCUT2D eigenvalue weighted by atomic mass is 10.1. The molecular formula is C24H25N3O6. The van der Waals surface area contributed by atoms with E-state index in [1.54, 1.807) is 36.3 Å². The maximum Gasteiger partial charge on any atom is 0.322 e. The highest BCUT2D eigenvalue weighted by molar-refractivity contribution is 5.91. The van der Waals surface area contributed by atoms with Crippen LogP contribution < -0.4 is 25.1 Å². The number of amides is 2. The molecule has 0 radical (unpaired) electrons. The Kier molecular flexibility index (Phi) is 5.78. The van der Waals surface area contributed by atoms with E-state index in [-0.39, 0.29) is 31.0 Å². The number of H-pyrrole nitrogens is 1. The molecule has 2 aliphatic heterocycles. The van der Waals surface area contributed by atoms with Gasteiger partial charge in [-0.1, -0.05) is 12.1 Å². The van der Waals surface area contributed by atoms with E-state index in [1.165, 1.54) is 0 Å². The molecule has 0 aliphatic carbocycles. The summed E-state index contributed by atoms with van der Waals surface area (Å²) in [6.45, 7) is 1.33. The fourth-order valence-corrected chi connectivity index (χ4v) is 4.16. The Morgan fingerprint density at radius 3 is 2.82 bits per heavy atom. The van der Waals surface area contributed by atoms with Crippen LogP contribution in [0, 0.1) is 0 Å². The molecule has 2 amide bonds. The van der Waals surface area contributed by atoms with Crippen molar-refractivity contribution in [2.45, 2.75) is 25.5 Å². The number of fused-ring (bicyclic) bond motifs is 2. The van der Waals surface area contributed by atoms with Crippen LogP contribution in [0.3, 0.4) is 0 Å². The van der Waals surface area contributed by atoms with Crippen LogP contribution >= 0.6 is 0 Å². The van der Waals surface area contributed by atoms with Crippen molar-refractivity contribution in [3.8, 4) is 17.2 Å². The van der Waals surface area contributed by atoms with E-state index in [0.29, 0.717) is 47.2 Å². The highest BCUT2D eigenvalue weighted by Crippen LogP contribution is 2.35. The molecule has 1 aromatic heterocycles. The minimum absolute atomic E-state index is 0.0678. The van der Waals surface area contributed by atoms with Crippen molar-refractivity contribution < 1.29 is 23.7 Å². The lowest BCUT2D eigenvalue weighted by Gasteiger charge is -2.26. The van der Waals surface area contributed by atoms with Gasteiger partial charge in [0.25, 0.3) is 5.56 Å². The Morgan fingerprint density at radius 1 is 1.21 bits per heavy atom. The number of pyridine rings is 1. The first kappa shape index (κ1) is 21.1. The number of hydrogen-bond acceptors (Lipinski definition) is 6. The summed E-state index contributed by atoms with van der Waals surface area (Å²) >= 11 is 0. The zero-order valence-corrected chi connectivity index (χ0v) is 18.3. The second-order valence-corrected chi connectivity index (χ2v) is 8.06. The van der Waals surface area contributed by atoms with E-state index in [4.69, 9.17) is 18.9 Å². The number of aromatic nitrogens is 1. The highest BCUT2D eigenvalue weighted by Gasteiger charge is 2.25. The predicted molar refractivity (Wildman–Crippen MR) is 122 cm³/mol. The van der Waals surface area contributed by atoms with Gasteiger partial charge in [0, 0.05) is 30.2 Å². The number of methoxy groups -OCH3 is 1. The van der Waals surface area contributed by atoms with Gasteiger partial charge in [-0.2, -0.15) is 0 Å². The quantitative estimate of drug-likeness (QED) is 0.595. The van der Waals surface area contributed by atoms with E-state index in [1.807, 2.05) is 18.2 Å². The Labute approximate surface area is 190 Å². The normalized spacial score (nSPS) is 16.7. The molecule has 0 unspecified atom stereocenters. The third-order valence-corrected chi connectivity index (χ3v) is 5.86. The van der Waals surface area contributed by atoms with Gasteiger partial charge in [0.1, 0.15) is 5.75 Å². The minimum Gasteiger partial charge on any atom is -0.495 e. The minimum atomic E-state index is -0.333. The maximum absolute atomic E-state index is 13.3. The van der Waals surface area contributed by atoms with Crippen molar-refractivity contribution >= 4 is 22.6 Å². The van der Waals surface area contributed by atoms with Crippen LogP contribution in [0.15, 0.2) is 47.3 Å². The molecule has 0 bridgehead atoms. The van der Waals surface area contributed by atoms with Crippen molar-refractivity contribution in [1.82, 2.24) is 9.88 Å². The first-order valence-corrected chi connectivity index (χ1v) is 10.9. The number of carbonyl (C=O) groups is 1. The van der Waals surface area contributed by atoms with Gasteiger partial charge in [-0.05, 0) is 37.1 Å². The van der Waals surface area contributed by atoms with Gasteiger partial charge in [-0.15, -0.1) is 0 Å². The Morgan fingerprint density at radius 2 is 2.03 bits per heavy atom. The summed E-state index contributed by atoms with van der Waals surface area (Å²) < 4.78 is 21.9. The number of para-hydroxylation sites is 2. The number of anilines is 1. The summed E-state index contributed by atoms with van der Waals surface area (Å²) in [7, 11) is 1.55. The first-order chi connectivity index (χ1) is 16.1. The lowest BCUT2D eigenvalue weighted by Crippen LogP contribution is -2.40. The number of ether oxygens (including phenoxy) is 4. The first-order valence-electron chi connectivity index (χ1n) is 10.9. The van der Waals surface area contributed by atoms with Crippen molar-refractivity contribution in [3.63, 3.8) is 0 Å². The highest BCUT2D eigenvalue weighted by atomic mass is 16.7. The molecule has 3 heterocycles. The fraction of sp³-hybridized carbons (Fsp3) is 0.333. The number of nitrogens with one attached hydrogen (secondary N) is 2. The average molecular weight is 451 g/mol. The van der Waals surface area contributed by atoms with Gasteiger partial charge < -0.3 is 34.1 Å². The molecule has 9 nitrogen and oxygen atoms in total. The summed E-state index contributed by atoms with van der Waals surface area (Å²) in [6.07, 6.45) is 1.76. The van der Waals surface area contributed by atoms with Gasteiger partial charge in [-0.3, -0.25) is 4.79 Å². The molecule has 1 fully saturated rings. The molecule has 0 saturated carbocycles. The third kappa shape index (κ3) is 4.45. The van der Waals surface area contributed by atoms with E-state index in [2.05, 4.69) is 10.3 Å². The molecule has 172 valence electrons. The topological polar surface area (TPSA) is 102 Å². The molecule has 2 aromatic carbocycles. The average Bonchev–Trinajstić information content (AvgIpc) is 3.49. The standard InChI is InChI=1S/C24H25N3O6/c1-30-20-7-3-2-6-18(20)26-24(29)27(13-17-5-4-8-31-17)12-16-9-15-10-21-22(33-14-32-21)11-19(15)25-23(16)28/h2-3,6-7,9-11,17H,4-5,8,12-14H2,1H3,(H,25,28)(H,26,29)/t17-/m0/s1. The van der Waals surface area contributed by atoms with Gasteiger partial charge in [0.15, 0.2) is 11.5 Å².